The Hall–Kier alpha value is -5.02. The topological polar surface area (TPSA) is 6.48 Å². The van der Waals surface area contributed by atoms with Gasteiger partial charge < -0.3 is 9.80 Å². The Kier molecular flexibility index (Phi) is 10.0. The van der Waals surface area contributed by atoms with Gasteiger partial charge in [-0.05, 0) is 162 Å². The highest BCUT2D eigenvalue weighted by Gasteiger charge is 2.46. The number of hydrogen-bond acceptors (Lipinski definition) is 2. The normalized spacial score (nSPS) is 16.5. The molecule has 0 aromatic heterocycles. The van der Waals surface area contributed by atoms with E-state index in [4.69, 9.17) is 0 Å². The van der Waals surface area contributed by atoms with Crippen LogP contribution in [0.5, 0.6) is 0 Å². The van der Waals surface area contributed by atoms with Gasteiger partial charge in [0.1, 0.15) is 0 Å². The maximum absolute atomic E-state index is 2.71. The van der Waals surface area contributed by atoms with E-state index in [0.29, 0.717) is 0 Å². The van der Waals surface area contributed by atoms with Gasteiger partial charge in [0.2, 0.25) is 0 Å². The lowest BCUT2D eigenvalue weighted by Crippen LogP contribution is -2.61. The molecule has 0 bridgehead atoms. The molecule has 64 heavy (non-hydrogen) atoms. The number of hydrogen-bond donors (Lipinski definition) is 0. The molecule has 6 aromatic carbocycles. The highest BCUT2D eigenvalue weighted by molar-refractivity contribution is 7.00. The lowest BCUT2D eigenvalue weighted by Gasteiger charge is -2.47. The van der Waals surface area contributed by atoms with Crippen LogP contribution in [0.2, 0.25) is 0 Å². The van der Waals surface area contributed by atoms with Crippen molar-refractivity contribution in [2.45, 2.75) is 163 Å². The van der Waals surface area contributed by atoms with Crippen LogP contribution in [0.4, 0.5) is 34.1 Å². The SMILES string of the molecule is Cc1cc2c3c(c1)N(c1cc4c(cc1-c1ccc(C(C)(C)C)cc1)C(C)(C)CCC4(C)C)c1cc(C(C)(C)C)ccc1B3c1cc(C(C)(C)C)ccc1N2c1ccc(C(C)(C)C)cc1. The first-order valence-electron chi connectivity index (χ1n) is 24.1. The summed E-state index contributed by atoms with van der Waals surface area (Å²) < 4.78 is 0. The molecule has 0 spiro atoms. The largest absolute Gasteiger partial charge is 0.311 e. The van der Waals surface area contributed by atoms with Crippen molar-refractivity contribution >= 4 is 57.2 Å². The van der Waals surface area contributed by atoms with Crippen molar-refractivity contribution in [3.05, 3.63) is 148 Å². The van der Waals surface area contributed by atoms with Crippen LogP contribution in [0.15, 0.2) is 109 Å². The average Bonchev–Trinajstić information content (AvgIpc) is 3.20. The van der Waals surface area contributed by atoms with Gasteiger partial charge in [0.15, 0.2) is 0 Å². The smallest absolute Gasteiger partial charge is 0.252 e. The molecule has 1 aliphatic carbocycles. The van der Waals surface area contributed by atoms with Gasteiger partial charge in [0.05, 0.1) is 5.69 Å². The first kappa shape index (κ1) is 44.2. The van der Waals surface area contributed by atoms with Gasteiger partial charge in [-0.15, -0.1) is 0 Å². The van der Waals surface area contributed by atoms with E-state index in [1.165, 1.54) is 107 Å². The Morgan fingerprint density at radius 2 is 0.891 bits per heavy atom. The van der Waals surface area contributed by atoms with Crippen molar-refractivity contribution in [3.8, 4) is 11.1 Å². The zero-order valence-electron chi connectivity index (χ0n) is 42.3. The summed E-state index contributed by atoms with van der Waals surface area (Å²) in [5, 5.41) is 0. The lowest BCUT2D eigenvalue weighted by atomic mass is 9.33. The fourth-order valence-electron chi connectivity index (χ4n) is 10.9. The quantitative estimate of drug-likeness (QED) is 0.164. The van der Waals surface area contributed by atoms with E-state index in [1.807, 2.05) is 0 Å². The monoisotopic (exact) mass is 845 g/mol. The van der Waals surface area contributed by atoms with E-state index >= 15 is 0 Å². The fourth-order valence-corrected chi connectivity index (χ4v) is 10.9. The van der Waals surface area contributed by atoms with E-state index in [2.05, 4.69) is 237 Å². The minimum Gasteiger partial charge on any atom is -0.311 e. The first-order valence-corrected chi connectivity index (χ1v) is 24.1. The molecule has 6 aromatic rings. The molecule has 2 nitrogen and oxygen atoms in total. The van der Waals surface area contributed by atoms with Gasteiger partial charge in [-0.3, -0.25) is 0 Å². The summed E-state index contributed by atoms with van der Waals surface area (Å²) in [6.07, 6.45) is 2.33. The summed E-state index contributed by atoms with van der Waals surface area (Å²) >= 11 is 0. The molecule has 2 aliphatic heterocycles. The highest BCUT2D eigenvalue weighted by Crippen LogP contribution is 2.53. The molecule has 3 heteroatoms. The van der Waals surface area contributed by atoms with Crippen LogP contribution in [-0.2, 0) is 32.5 Å². The summed E-state index contributed by atoms with van der Waals surface area (Å²) in [5.41, 5.74) is 24.1. The third-order valence-corrected chi connectivity index (χ3v) is 15.2. The summed E-state index contributed by atoms with van der Waals surface area (Å²) in [7, 11) is 0. The van der Waals surface area contributed by atoms with Crippen LogP contribution in [0.25, 0.3) is 11.1 Å². The second-order valence-corrected chi connectivity index (χ2v) is 25.2. The van der Waals surface area contributed by atoms with Crippen LogP contribution >= 0.6 is 0 Å². The van der Waals surface area contributed by atoms with Gasteiger partial charge in [0, 0.05) is 34.0 Å². The van der Waals surface area contributed by atoms with E-state index in [-0.39, 0.29) is 39.2 Å². The summed E-state index contributed by atoms with van der Waals surface area (Å²) in [5.74, 6) is 0. The molecule has 3 aliphatic rings. The van der Waals surface area contributed by atoms with Gasteiger partial charge in [-0.1, -0.05) is 171 Å². The van der Waals surface area contributed by atoms with Gasteiger partial charge >= 0.3 is 0 Å². The molecule has 330 valence electrons. The number of benzene rings is 6. The van der Waals surface area contributed by atoms with Crippen molar-refractivity contribution in [3.63, 3.8) is 0 Å². The molecule has 0 fully saturated rings. The van der Waals surface area contributed by atoms with E-state index < -0.39 is 0 Å². The maximum atomic E-state index is 2.71. The minimum atomic E-state index is -0.0356. The molecular formula is C61H73BN2. The molecule has 2 heterocycles. The first-order chi connectivity index (χ1) is 29.6. The van der Waals surface area contributed by atoms with Crippen molar-refractivity contribution in [1.82, 2.24) is 0 Å². The molecule has 0 unspecified atom stereocenters. The van der Waals surface area contributed by atoms with E-state index in [0.717, 1.165) is 6.42 Å². The van der Waals surface area contributed by atoms with Gasteiger partial charge in [-0.2, -0.15) is 0 Å². The molecule has 0 atom stereocenters. The van der Waals surface area contributed by atoms with Crippen molar-refractivity contribution < 1.29 is 0 Å². The summed E-state index contributed by atoms with van der Waals surface area (Å²) in [4.78, 5) is 5.28. The Labute approximate surface area is 387 Å². The molecule has 0 saturated heterocycles. The van der Waals surface area contributed by atoms with Crippen molar-refractivity contribution in [1.29, 1.82) is 0 Å². The standard InChI is InChI=1S/C61H73BN2/c1-38-32-53-55-54(33-38)64(51-37-47-46(60(14,15)30-31-61(47,16)17)36-45(51)39-18-20-40(21-19-39)56(2,3)4)52-35-43(59(11,12)13)24-28-48(52)62(55)49-34-42(58(8,9)10)25-29-50(49)63(53)44-26-22-41(23-27-44)57(5,6)7/h18-29,32-37H,30-31H2,1-17H3. The predicted molar refractivity (Wildman–Crippen MR) is 281 cm³/mol. The molecule has 0 saturated carbocycles. The van der Waals surface area contributed by atoms with Crippen LogP contribution in [0, 0.1) is 6.92 Å². The zero-order valence-corrected chi connectivity index (χ0v) is 42.3. The fraction of sp³-hybridized carbons (Fsp3) is 0.410. The van der Waals surface area contributed by atoms with Crippen LogP contribution in [0.3, 0.4) is 0 Å². The number of rotatable bonds is 3. The number of aryl methyl sites for hydroxylation is 1. The average molecular weight is 845 g/mol. The second kappa shape index (κ2) is 14.5. The summed E-state index contributed by atoms with van der Waals surface area (Å²) in [6, 6.07) is 43.9. The Morgan fingerprint density at radius 1 is 0.422 bits per heavy atom. The van der Waals surface area contributed by atoms with Crippen LogP contribution in [-0.4, -0.2) is 6.71 Å². The van der Waals surface area contributed by atoms with E-state index in [9.17, 15) is 0 Å². The predicted octanol–water partition coefficient (Wildman–Crippen LogP) is 15.3. The minimum absolute atomic E-state index is 0.00856. The lowest BCUT2D eigenvalue weighted by molar-refractivity contribution is 0.332. The third kappa shape index (κ3) is 7.34. The molecule has 0 N–H and O–H groups in total. The van der Waals surface area contributed by atoms with Crippen LogP contribution < -0.4 is 26.2 Å². The Bertz CT molecular complexity index is 2810. The van der Waals surface area contributed by atoms with Crippen LogP contribution in [0.1, 0.15) is 163 Å². The number of fused-ring (bicyclic) bond motifs is 5. The Morgan fingerprint density at radius 3 is 1.44 bits per heavy atom. The second-order valence-electron chi connectivity index (χ2n) is 25.2. The number of anilines is 6. The van der Waals surface area contributed by atoms with E-state index in [1.54, 1.807) is 0 Å². The van der Waals surface area contributed by atoms with Gasteiger partial charge in [-0.25, -0.2) is 0 Å². The molecule has 0 amide bonds. The molecule has 9 rings (SSSR count). The molecular weight excluding hydrogens is 771 g/mol. The number of nitrogens with zero attached hydrogens (tertiary/aromatic N) is 2. The van der Waals surface area contributed by atoms with Gasteiger partial charge in [0.25, 0.3) is 6.71 Å². The molecule has 0 radical (unpaired) electrons. The highest BCUT2D eigenvalue weighted by atomic mass is 15.2. The summed E-state index contributed by atoms with van der Waals surface area (Å²) in [6.45, 7) is 40.2. The van der Waals surface area contributed by atoms with Crippen molar-refractivity contribution in [2.24, 2.45) is 0 Å². The zero-order chi connectivity index (χ0) is 46.3. The Balaban J connectivity index is 1.41. The third-order valence-electron chi connectivity index (χ3n) is 15.2. The maximum Gasteiger partial charge on any atom is 0.252 e. The van der Waals surface area contributed by atoms with Crippen molar-refractivity contribution in [2.75, 3.05) is 9.80 Å².